The van der Waals surface area contributed by atoms with Gasteiger partial charge in [0.25, 0.3) is 11.8 Å². The van der Waals surface area contributed by atoms with Gasteiger partial charge in [-0.05, 0) is 37.6 Å². The topological polar surface area (TPSA) is 101 Å². The number of amides is 3. The molecule has 0 spiro atoms. The number of benzene rings is 2. The number of nitrogen functional groups attached to an aromatic ring is 1. The Balaban J connectivity index is 2.01. The van der Waals surface area contributed by atoms with Crippen molar-refractivity contribution < 1.29 is 14.4 Å². The summed E-state index contributed by atoms with van der Waals surface area (Å²) < 4.78 is 0. The van der Waals surface area contributed by atoms with Crippen LogP contribution in [0.2, 0.25) is 0 Å². The van der Waals surface area contributed by atoms with Gasteiger partial charge in [-0.1, -0.05) is 24.3 Å². The van der Waals surface area contributed by atoms with Crippen LogP contribution in [0.25, 0.3) is 0 Å². The highest BCUT2D eigenvalue weighted by molar-refractivity contribution is 6.17. The highest BCUT2D eigenvalue weighted by Gasteiger charge is 2.40. The summed E-state index contributed by atoms with van der Waals surface area (Å²) in [7, 11) is 0. The number of imide groups is 1. The molecule has 0 aromatic heterocycles. The molecule has 4 N–H and O–H groups in total. The van der Waals surface area contributed by atoms with Gasteiger partial charge in [0.15, 0.2) is 0 Å². The Morgan fingerprint density at radius 2 is 1.75 bits per heavy atom. The van der Waals surface area contributed by atoms with E-state index in [1.807, 2.05) is 6.07 Å². The van der Waals surface area contributed by atoms with Crippen LogP contribution < -0.4 is 16.4 Å². The molecule has 0 aliphatic carbocycles. The normalized spacial score (nSPS) is 15.4. The zero-order valence-electron chi connectivity index (χ0n) is 13.3. The van der Waals surface area contributed by atoms with Crippen molar-refractivity contribution in [2.75, 3.05) is 11.1 Å². The minimum atomic E-state index is -0.876. The molecule has 0 unspecified atom stereocenters. The van der Waals surface area contributed by atoms with Crippen molar-refractivity contribution in [3.05, 3.63) is 59.2 Å². The Morgan fingerprint density at radius 1 is 1.08 bits per heavy atom. The van der Waals surface area contributed by atoms with Crippen LogP contribution >= 0.6 is 0 Å². The lowest BCUT2D eigenvalue weighted by molar-refractivity contribution is -0.125. The van der Waals surface area contributed by atoms with Crippen LogP contribution in [0.15, 0.2) is 42.5 Å². The zero-order valence-corrected chi connectivity index (χ0v) is 13.3. The highest BCUT2D eigenvalue weighted by atomic mass is 16.2. The Kier molecular flexibility index (Phi) is 3.60. The maximum atomic E-state index is 12.3. The molecule has 0 atom stereocenters. The summed E-state index contributed by atoms with van der Waals surface area (Å²) in [5.41, 5.74) is 6.97. The van der Waals surface area contributed by atoms with Gasteiger partial charge in [0.1, 0.15) is 0 Å². The third-order valence-corrected chi connectivity index (χ3v) is 4.22. The molecule has 1 aliphatic heterocycles. The van der Waals surface area contributed by atoms with E-state index < -0.39 is 11.3 Å². The summed E-state index contributed by atoms with van der Waals surface area (Å²) in [6, 6.07) is 12.0. The lowest BCUT2D eigenvalue weighted by Gasteiger charge is -2.31. The van der Waals surface area contributed by atoms with Crippen LogP contribution in [0.1, 0.15) is 40.1 Å². The molecule has 0 radical (unpaired) electrons. The predicted molar refractivity (Wildman–Crippen MR) is 90.7 cm³/mol. The lowest BCUT2D eigenvalue weighted by Crippen LogP contribution is -2.49. The lowest BCUT2D eigenvalue weighted by atomic mass is 9.77. The fourth-order valence-corrected chi connectivity index (χ4v) is 2.72. The zero-order chi connectivity index (χ0) is 17.5. The molecule has 0 fully saturated rings. The summed E-state index contributed by atoms with van der Waals surface area (Å²) in [6.07, 6.45) is 0. The Labute approximate surface area is 139 Å². The molecule has 6 heteroatoms. The number of carbonyl (C=O) groups excluding carboxylic acids is 3. The maximum Gasteiger partial charge on any atom is 0.260 e. The smallest absolute Gasteiger partial charge is 0.260 e. The predicted octanol–water partition coefficient (Wildman–Crippen LogP) is 2.07. The van der Waals surface area contributed by atoms with Gasteiger partial charge in [-0.2, -0.15) is 0 Å². The van der Waals surface area contributed by atoms with Crippen molar-refractivity contribution in [3.63, 3.8) is 0 Å². The Bertz CT molecular complexity index is 857. The fourth-order valence-electron chi connectivity index (χ4n) is 2.72. The molecule has 6 nitrogen and oxygen atoms in total. The van der Waals surface area contributed by atoms with E-state index in [0.29, 0.717) is 16.8 Å². The Morgan fingerprint density at radius 3 is 2.42 bits per heavy atom. The Hall–Kier alpha value is -3.15. The molecule has 24 heavy (non-hydrogen) atoms. The molecule has 122 valence electrons. The van der Waals surface area contributed by atoms with Crippen molar-refractivity contribution in [1.29, 1.82) is 0 Å². The average Bonchev–Trinajstić information content (AvgIpc) is 2.55. The molecule has 3 amide bonds. The number of nitrogens with one attached hydrogen (secondary N) is 2. The highest BCUT2D eigenvalue weighted by Crippen LogP contribution is 2.36. The fraction of sp³-hybridized carbons (Fsp3) is 0.167. The van der Waals surface area contributed by atoms with Crippen LogP contribution in [0, 0.1) is 0 Å². The van der Waals surface area contributed by atoms with Gasteiger partial charge >= 0.3 is 0 Å². The standard InChI is InChI=1S/C18H17N3O3/c1-18(2)11-8-9-12(14(19)13(11)16(23)21-17(18)24)20-15(22)10-6-4-3-5-7-10/h3-9H,19H2,1-2H3,(H,20,22)(H,21,23,24). The summed E-state index contributed by atoms with van der Waals surface area (Å²) in [5, 5.41) is 5.02. The van der Waals surface area contributed by atoms with Crippen molar-refractivity contribution in [3.8, 4) is 0 Å². The second-order valence-corrected chi connectivity index (χ2v) is 6.18. The summed E-state index contributed by atoms with van der Waals surface area (Å²) >= 11 is 0. The molecule has 0 saturated carbocycles. The molecule has 2 aromatic carbocycles. The molecular formula is C18H17N3O3. The van der Waals surface area contributed by atoms with Gasteiger partial charge in [-0.25, -0.2) is 0 Å². The van der Waals surface area contributed by atoms with E-state index in [4.69, 9.17) is 5.73 Å². The van der Waals surface area contributed by atoms with Crippen LogP contribution in [-0.2, 0) is 10.2 Å². The minimum Gasteiger partial charge on any atom is -0.396 e. The summed E-state index contributed by atoms with van der Waals surface area (Å²) in [6.45, 7) is 3.44. The molecule has 3 rings (SSSR count). The number of carbonyl (C=O) groups is 3. The summed E-state index contributed by atoms with van der Waals surface area (Å²) in [4.78, 5) is 36.5. The van der Waals surface area contributed by atoms with Gasteiger partial charge in [0.2, 0.25) is 5.91 Å². The molecule has 0 bridgehead atoms. The first-order chi connectivity index (χ1) is 11.3. The third-order valence-electron chi connectivity index (χ3n) is 4.22. The molecule has 0 saturated heterocycles. The largest absolute Gasteiger partial charge is 0.396 e. The first kappa shape index (κ1) is 15.7. The van der Waals surface area contributed by atoms with E-state index in [-0.39, 0.29) is 23.1 Å². The number of hydrogen-bond acceptors (Lipinski definition) is 4. The second kappa shape index (κ2) is 5.49. The van der Waals surface area contributed by atoms with Gasteiger partial charge < -0.3 is 11.1 Å². The van der Waals surface area contributed by atoms with E-state index in [9.17, 15) is 14.4 Å². The monoisotopic (exact) mass is 323 g/mol. The second-order valence-electron chi connectivity index (χ2n) is 6.18. The third kappa shape index (κ3) is 2.42. The van der Waals surface area contributed by atoms with Gasteiger partial charge in [0, 0.05) is 5.56 Å². The van der Waals surface area contributed by atoms with E-state index in [0.717, 1.165) is 0 Å². The van der Waals surface area contributed by atoms with Crippen LogP contribution in [-0.4, -0.2) is 17.7 Å². The molecular weight excluding hydrogens is 306 g/mol. The number of anilines is 2. The van der Waals surface area contributed by atoms with E-state index in [2.05, 4.69) is 10.6 Å². The molecule has 1 heterocycles. The van der Waals surface area contributed by atoms with Crippen molar-refractivity contribution in [2.24, 2.45) is 0 Å². The van der Waals surface area contributed by atoms with Crippen molar-refractivity contribution in [1.82, 2.24) is 5.32 Å². The minimum absolute atomic E-state index is 0.148. The van der Waals surface area contributed by atoms with Crippen molar-refractivity contribution in [2.45, 2.75) is 19.3 Å². The quantitative estimate of drug-likeness (QED) is 0.581. The number of rotatable bonds is 2. The van der Waals surface area contributed by atoms with Gasteiger partial charge in [0.05, 0.1) is 22.4 Å². The SMILES string of the molecule is CC1(C)C(=O)NC(=O)c2c1ccc(NC(=O)c1ccccc1)c2N. The van der Waals surface area contributed by atoms with Gasteiger partial charge in [-0.3, -0.25) is 19.7 Å². The summed E-state index contributed by atoms with van der Waals surface area (Å²) in [5.74, 6) is -1.25. The van der Waals surface area contributed by atoms with Gasteiger partial charge in [-0.15, -0.1) is 0 Å². The molecule has 1 aliphatic rings. The number of nitrogens with two attached hydrogens (primary N) is 1. The van der Waals surface area contributed by atoms with Crippen LogP contribution in [0.3, 0.4) is 0 Å². The first-order valence-electron chi connectivity index (χ1n) is 7.47. The van der Waals surface area contributed by atoms with E-state index in [1.54, 1.807) is 50.2 Å². The van der Waals surface area contributed by atoms with E-state index in [1.165, 1.54) is 0 Å². The van der Waals surface area contributed by atoms with Crippen LogP contribution in [0.4, 0.5) is 11.4 Å². The van der Waals surface area contributed by atoms with Crippen LogP contribution in [0.5, 0.6) is 0 Å². The first-order valence-corrected chi connectivity index (χ1v) is 7.47. The maximum absolute atomic E-state index is 12.3. The number of hydrogen-bond donors (Lipinski definition) is 3. The van der Waals surface area contributed by atoms with Crippen molar-refractivity contribution >= 4 is 29.1 Å². The number of fused-ring (bicyclic) bond motifs is 1. The van der Waals surface area contributed by atoms with E-state index >= 15 is 0 Å². The average molecular weight is 323 g/mol. The molecule has 2 aromatic rings.